The van der Waals surface area contributed by atoms with E-state index in [1.165, 1.54) is 11.8 Å². The van der Waals surface area contributed by atoms with Crippen molar-refractivity contribution >= 4 is 17.7 Å². The maximum Gasteiger partial charge on any atom is 0.233 e. The minimum atomic E-state index is -0.0432. The first kappa shape index (κ1) is 20.7. The van der Waals surface area contributed by atoms with Crippen LogP contribution in [0, 0.1) is 6.92 Å². The Hall–Kier alpha value is -3.07. The van der Waals surface area contributed by atoms with Crippen molar-refractivity contribution in [3.05, 3.63) is 53.6 Å². The molecule has 1 amide bonds. The first-order chi connectivity index (χ1) is 14.0. The maximum absolute atomic E-state index is 12.6. The van der Waals surface area contributed by atoms with Gasteiger partial charge in [0.25, 0.3) is 0 Å². The van der Waals surface area contributed by atoms with E-state index in [1.54, 1.807) is 30.8 Å². The fraction of sp³-hybridized carbons (Fsp3) is 0.300. The summed E-state index contributed by atoms with van der Waals surface area (Å²) in [5.74, 6) is 1.44. The molecule has 0 aliphatic heterocycles. The van der Waals surface area contributed by atoms with Crippen molar-refractivity contribution in [3.8, 4) is 17.2 Å². The standard InChI is InChI=1S/C20H23N5O3S/c1-14-8-10-16(11-9-14)25-20(21-22-23-25)29-13-18(26)24(2)12-15-6-5-7-17(27-3)19(15)28-4/h5-11H,12-13H2,1-4H3. The molecule has 152 valence electrons. The van der Waals surface area contributed by atoms with E-state index in [0.29, 0.717) is 23.2 Å². The molecule has 9 heteroatoms. The molecule has 8 nitrogen and oxygen atoms in total. The monoisotopic (exact) mass is 413 g/mol. The zero-order valence-electron chi connectivity index (χ0n) is 16.8. The summed E-state index contributed by atoms with van der Waals surface area (Å²) in [5.41, 5.74) is 2.88. The summed E-state index contributed by atoms with van der Waals surface area (Å²) in [6, 6.07) is 13.5. The molecule has 0 spiro atoms. The second-order valence-electron chi connectivity index (χ2n) is 6.40. The van der Waals surface area contributed by atoms with Gasteiger partial charge in [-0.15, -0.1) is 5.10 Å². The van der Waals surface area contributed by atoms with Crippen LogP contribution in [0.4, 0.5) is 0 Å². The molecule has 0 unspecified atom stereocenters. The number of hydrogen-bond acceptors (Lipinski definition) is 7. The van der Waals surface area contributed by atoms with Gasteiger partial charge in [-0.05, 0) is 35.5 Å². The number of rotatable bonds is 8. The van der Waals surface area contributed by atoms with Crippen molar-refractivity contribution in [1.82, 2.24) is 25.1 Å². The molecule has 0 fully saturated rings. The van der Waals surface area contributed by atoms with E-state index >= 15 is 0 Å². The highest BCUT2D eigenvalue weighted by Crippen LogP contribution is 2.31. The Morgan fingerprint density at radius 3 is 2.59 bits per heavy atom. The molecular weight excluding hydrogens is 390 g/mol. The van der Waals surface area contributed by atoms with Crippen LogP contribution in [0.3, 0.4) is 0 Å². The summed E-state index contributed by atoms with van der Waals surface area (Å²) in [6.45, 7) is 2.42. The van der Waals surface area contributed by atoms with E-state index in [-0.39, 0.29) is 11.7 Å². The van der Waals surface area contributed by atoms with Crippen LogP contribution in [-0.2, 0) is 11.3 Å². The molecule has 3 aromatic rings. The van der Waals surface area contributed by atoms with Crippen LogP contribution in [0.2, 0.25) is 0 Å². The summed E-state index contributed by atoms with van der Waals surface area (Å²) in [5, 5.41) is 12.4. The number of aromatic nitrogens is 4. The van der Waals surface area contributed by atoms with Crippen molar-refractivity contribution in [2.75, 3.05) is 27.0 Å². The third-order valence-corrected chi connectivity index (χ3v) is 5.27. The van der Waals surface area contributed by atoms with Crippen molar-refractivity contribution < 1.29 is 14.3 Å². The van der Waals surface area contributed by atoms with Gasteiger partial charge in [-0.2, -0.15) is 4.68 Å². The van der Waals surface area contributed by atoms with Crippen LogP contribution in [0.5, 0.6) is 11.5 Å². The third-order valence-electron chi connectivity index (χ3n) is 4.36. The molecule has 0 saturated carbocycles. The molecule has 0 bridgehead atoms. The van der Waals surface area contributed by atoms with Gasteiger partial charge in [0.15, 0.2) is 11.5 Å². The summed E-state index contributed by atoms with van der Waals surface area (Å²) in [6.07, 6.45) is 0. The number of nitrogens with zero attached hydrogens (tertiary/aromatic N) is 5. The highest BCUT2D eigenvalue weighted by molar-refractivity contribution is 7.99. The number of hydrogen-bond donors (Lipinski definition) is 0. The molecular formula is C20H23N5O3S. The number of aryl methyl sites for hydroxylation is 1. The lowest BCUT2D eigenvalue weighted by atomic mass is 10.1. The van der Waals surface area contributed by atoms with E-state index in [1.807, 2.05) is 49.4 Å². The number of carbonyl (C=O) groups excluding carboxylic acids is 1. The first-order valence-electron chi connectivity index (χ1n) is 8.95. The number of methoxy groups -OCH3 is 2. The average molecular weight is 414 g/mol. The number of amides is 1. The quantitative estimate of drug-likeness (QED) is 0.525. The number of tetrazole rings is 1. The maximum atomic E-state index is 12.6. The van der Waals surface area contributed by atoms with Crippen LogP contribution >= 0.6 is 11.8 Å². The van der Waals surface area contributed by atoms with Crippen LogP contribution < -0.4 is 9.47 Å². The normalized spacial score (nSPS) is 10.6. The van der Waals surface area contributed by atoms with E-state index in [4.69, 9.17) is 9.47 Å². The van der Waals surface area contributed by atoms with Gasteiger partial charge in [-0.25, -0.2) is 0 Å². The second-order valence-corrected chi connectivity index (χ2v) is 7.34. The lowest BCUT2D eigenvalue weighted by molar-refractivity contribution is -0.127. The second kappa shape index (κ2) is 9.42. The molecule has 0 N–H and O–H groups in total. The fourth-order valence-electron chi connectivity index (χ4n) is 2.78. The summed E-state index contributed by atoms with van der Waals surface area (Å²) < 4.78 is 12.4. The predicted molar refractivity (Wildman–Crippen MR) is 111 cm³/mol. The van der Waals surface area contributed by atoms with Crippen LogP contribution in [0.1, 0.15) is 11.1 Å². The van der Waals surface area contributed by atoms with Crippen LogP contribution in [0.25, 0.3) is 5.69 Å². The number of para-hydroxylation sites is 1. The van der Waals surface area contributed by atoms with Crippen molar-refractivity contribution in [1.29, 1.82) is 0 Å². The minimum absolute atomic E-state index is 0.0432. The molecule has 0 saturated heterocycles. The molecule has 0 radical (unpaired) electrons. The Morgan fingerprint density at radius 1 is 1.14 bits per heavy atom. The van der Waals surface area contributed by atoms with Crippen molar-refractivity contribution in [2.24, 2.45) is 0 Å². The van der Waals surface area contributed by atoms with Crippen molar-refractivity contribution in [3.63, 3.8) is 0 Å². The van der Waals surface area contributed by atoms with Crippen LogP contribution in [-0.4, -0.2) is 58.0 Å². The molecule has 0 atom stereocenters. The van der Waals surface area contributed by atoms with Gasteiger partial charge in [0, 0.05) is 19.2 Å². The van der Waals surface area contributed by atoms with Gasteiger partial charge in [0.1, 0.15) is 0 Å². The molecule has 1 heterocycles. The smallest absolute Gasteiger partial charge is 0.233 e. The Morgan fingerprint density at radius 2 is 1.90 bits per heavy atom. The topological polar surface area (TPSA) is 82.4 Å². The number of carbonyl (C=O) groups is 1. The third kappa shape index (κ3) is 4.86. The average Bonchev–Trinajstić information content (AvgIpc) is 3.20. The van der Waals surface area contributed by atoms with E-state index in [9.17, 15) is 4.79 Å². The van der Waals surface area contributed by atoms with Crippen LogP contribution in [0.15, 0.2) is 47.6 Å². The Labute approximate surface area is 173 Å². The number of benzene rings is 2. The van der Waals surface area contributed by atoms with E-state index in [0.717, 1.165) is 16.8 Å². The lowest BCUT2D eigenvalue weighted by Gasteiger charge is -2.19. The van der Waals surface area contributed by atoms with Gasteiger partial charge in [0.2, 0.25) is 11.1 Å². The first-order valence-corrected chi connectivity index (χ1v) is 9.94. The van der Waals surface area contributed by atoms with E-state index < -0.39 is 0 Å². The van der Waals surface area contributed by atoms with E-state index in [2.05, 4.69) is 15.5 Å². The summed E-state index contributed by atoms with van der Waals surface area (Å²) in [7, 11) is 4.93. The molecule has 1 aromatic heterocycles. The molecule has 0 aliphatic carbocycles. The number of ether oxygens (including phenoxy) is 2. The minimum Gasteiger partial charge on any atom is -0.493 e. The highest BCUT2D eigenvalue weighted by atomic mass is 32.2. The lowest BCUT2D eigenvalue weighted by Crippen LogP contribution is -2.28. The predicted octanol–water partition coefficient (Wildman–Crippen LogP) is 2.74. The Bertz CT molecular complexity index is 975. The number of thioether (sulfide) groups is 1. The Balaban J connectivity index is 1.65. The van der Waals surface area contributed by atoms with Gasteiger partial charge >= 0.3 is 0 Å². The summed E-state index contributed by atoms with van der Waals surface area (Å²) >= 11 is 1.30. The zero-order chi connectivity index (χ0) is 20.8. The van der Waals surface area contributed by atoms with Gasteiger partial charge in [-0.1, -0.05) is 41.6 Å². The molecule has 3 rings (SSSR count). The fourth-order valence-corrected chi connectivity index (χ4v) is 3.61. The highest BCUT2D eigenvalue weighted by Gasteiger charge is 2.17. The SMILES string of the molecule is COc1cccc(CN(C)C(=O)CSc2nnnn2-c2ccc(C)cc2)c1OC. The zero-order valence-corrected chi connectivity index (χ0v) is 17.6. The molecule has 2 aromatic carbocycles. The van der Waals surface area contributed by atoms with Gasteiger partial charge in [-0.3, -0.25) is 4.79 Å². The molecule has 0 aliphatic rings. The largest absolute Gasteiger partial charge is 0.493 e. The Kier molecular flexibility index (Phi) is 6.71. The molecule has 29 heavy (non-hydrogen) atoms. The van der Waals surface area contributed by atoms with Gasteiger partial charge in [0.05, 0.1) is 25.7 Å². The van der Waals surface area contributed by atoms with Crippen molar-refractivity contribution in [2.45, 2.75) is 18.6 Å². The van der Waals surface area contributed by atoms with Gasteiger partial charge < -0.3 is 14.4 Å². The summed E-state index contributed by atoms with van der Waals surface area (Å²) in [4.78, 5) is 14.3.